The predicted octanol–water partition coefficient (Wildman–Crippen LogP) is 4.78. The van der Waals surface area contributed by atoms with Crippen LogP contribution in [0, 0.1) is 5.41 Å². The van der Waals surface area contributed by atoms with E-state index < -0.39 is 0 Å². The van der Waals surface area contributed by atoms with Gasteiger partial charge in [-0.3, -0.25) is 0 Å². The van der Waals surface area contributed by atoms with Crippen molar-refractivity contribution in [1.82, 2.24) is 0 Å². The molecule has 0 rings (SSSR count). The molecule has 12 heavy (non-hydrogen) atoms. The Bertz CT molecular complexity index is 92.2. The van der Waals surface area contributed by atoms with Gasteiger partial charge in [0.25, 0.3) is 0 Å². The molecule has 0 radical (unpaired) electrons. The lowest BCUT2D eigenvalue weighted by molar-refractivity contribution is 0.291. The van der Waals surface area contributed by atoms with E-state index in [4.69, 9.17) is 0 Å². The third-order valence-corrected chi connectivity index (χ3v) is 2.63. The first-order valence-corrected chi connectivity index (χ1v) is 5.62. The largest absolute Gasteiger partial charge is 0.0654 e. The van der Waals surface area contributed by atoms with Crippen LogP contribution < -0.4 is 0 Å². The Kier molecular flexibility index (Phi) is 6.51. The third-order valence-electron chi connectivity index (χ3n) is 2.63. The lowest BCUT2D eigenvalue weighted by Crippen LogP contribution is -2.10. The summed E-state index contributed by atoms with van der Waals surface area (Å²) < 4.78 is 0. The van der Waals surface area contributed by atoms with Crippen molar-refractivity contribution in [3.63, 3.8) is 0 Å². The van der Waals surface area contributed by atoms with Gasteiger partial charge in [-0.15, -0.1) is 0 Å². The molecule has 0 aliphatic rings. The molecule has 0 aliphatic heterocycles. The summed E-state index contributed by atoms with van der Waals surface area (Å²) >= 11 is 0. The molecule has 0 saturated heterocycles. The molecule has 0 heterocycles. The zero-order valence-corrected chi connectivity index (χ0v) is 9.45. The lowest BCUT2D eigenvalue weighted by Gasteiger charge is -2.23. The van der Waals surface area contributed by atoms with E-state index in [9.17, 15) is 0 Å². The zero-order chi connectivity index (χ0) is 9.45. The van der Waals surface area contributed by atoms with Crippen molar-refractivity contribution in [2.24, 2.45) is 5.41 Å². The number of unbranched alkanes of at least 4 members (excludes halogenated alkanes) is 3. The summed E-state index contributed by atoms with van der Waals surface area (Å²) in [7, 11) is 0. The van der Waals surface area contributed by atoms with Crippen molar-refractivity contribution in [1.29, 1.82) is 0 Å². The maximum Gasteiger partial charge on any atom is -0.0354 e. The van der Waals surface area contributed by atoms with Crippen molar-refractivity contribution in [3.8, 4) is 0 Å². The van der Waals surface area contributed by atoms with Crippen LogP contribution in [-0.2, 0) is 0 Å². The molecule has 0 spiro atoms. The average Bonchev–Trinajstić information content (AvgIpc) is 1.98. The van der Waals surface area contributed by atoms with Gasteiger partial charge in [-0.1, -0.05) is 59.8 Å². The van der Waals surface area contributed by atoms with Gasteiger partial charge >= 0.3 is 0 Å². The molecule has 0 amide bonds. The molecule has 0 aromatic carbocycles. The Balaban J connectivity index is 3.33. The molecule has 0 fully saturated rings. The summed E-state index contributed by atoms with van der Waals surface area (Å²) in [6.45, 7) is 9.37. The van der Waals surface area contributed by atoms with Crippen LogP contribution in [0.1, 0.15) is 72.6 Å². The predicted molar refractivity (Wildman–Crippen MR) is 57.4 cm³/mol. The Morgan fingerprint density at radius 3 is 1.92 bits per heavy atom. The second kappa shape index (κ2) is 6.51. The highest BCUT2D eigenvalue weighted by atomic mass is 14.2. The molecular weight excluding hydrogens is 144 g/mol. The van der Waals surface area contributed by atoms with Crippen molar-refractivity contribution in [3.05, 3.63) is 0 Å². The van der Waals surface area contributed by atoms with E-state index in [1.807, 2.05) is 0 Å². The molecule has 74 valence electrons. The Hall–Kier alpha value is 0. The summed E-state index contributed by atoms with van der Waals surface area (Å²) in [6, 6.07) is 0. The zero-order valence-electron chi connectivity index (χ0n) is 9.45. The summed E-state index contributed by atoms with van der Waals surface area (Å²) in [6.07, 6.45) is 9.78. The van der Waals surface area contributed by atoms with E-state index in [0.29, 0.717) is 5.41 Å². The Labute approximate surface area is 78.8 Å². The SMILES string of the molecule is CCCCCCC(C)(C)CCC. The minimum Gasteiger partial charge on any atom is -0.0654 e. The molecule has 0 aromatic rings. The van der Waals surface area contributed by atoms with Gasteiger partial charge in [-0.25, -0.2) is 0 Å². The highest BCUT2D eigenvalue weighted by molar-refractivity contribution is 4.67. The van der Waals surface area contributed by atoms with Gasteiger partial charge in [0.05, 0.1) is 0 Å². The molecule has 0 N–H and O–H groups in total. The smallest absolute Gasteiger partial charge is 0.0354 e. The van der Waals surface area contributed by atoms with E-state index >= 15 is 0 Å². The van der Waals surface area contributed by atoms with Crippen LogP contribution in [0.3, 0.4) is 0 Å². The van der Waals surface area contributed by atoms with Gasteiger partial charge in [-0.2, -0.15) is 0 Å². The van der Waals surface area contributed by atoms with Crippen LogP contribution in [-0.4, -0.2) is 0 Å². The third kappa shape index (κ3) is 6.69. The fraction of sp³-hybridized carbons (Fsp3) is 1.00. The van der Waals surface area contributed by atoms with E-state index in [2.05, 4.69) is 27.7 Å². The first kappa shape index (κ1) is 12.0. The molecule has 0 bridgehead atoms. The molecule has 0 unspecified atom stereocenters. The van der Waals surface area contributed by atoms with Gasteiger partial charge in [0.2, 0.25) is 0 Å². The Morgan fingerprint density at radius 1 is 0.750 bits per heavy atom. The fourth-order valence-corrected chi connectivity index (χ4v) is 1.83. The topological polar surface area (TPSA) is 0 Å². The van der Waals surface area contributed by atoms with Crippen molar-refractivity contribution in [2.45, 2.75) is 72.6 Å². The minimum atomic E-state index is 0.600. The number of rotatable bonds is 7. The van der Waals surface area contributed by atoms with Gasteiger partial charge in [0, 0.05) is 0 Å². The summed E-state index contributed by atoms with van der Waals surface area (Å²) in [5.41, 5.74) is 0.600. The first-order valence-electron chi connectivity index (χ1n) is 5.62. The summed E-state index contributed by atoms with van der Waals surface area (Å²) in [5.74, 6) is 0. The average molecular weight is 170 g/mol. The molecule has 0 nitrogen and oxygen atoms in total. The van der Waals surface area contributed by atoms with Crippen molar-refractivity contribution in [2.75, 3.05) is 0 Å². The molecular formula is C12H26. The second-order valence-electron chi connectivity index (χ2n) is 4.72. The Morgan fingerprint density at radius 2 is 1.42 bits per heavy atom. The van der Waals surface area contributed by atoms with Crippen molar-refractivity contribution >= 4 is 0 Å². The van der Waals surface area contributed by atoms with E-state index in [1.165, 1.54) is 44.9 Å². The van der Waals surface area contributed by atoms with Gasteiger partial charge in [0.1, 0.15) is 0 Å². The quantitative estimate of drug-likeness (QED) is 0.482. The van der Waals surface area contributed by atoms with Crippen LogP contribution in [0.25, 0.3) is 0 Å². The number of hydrogen-bond acceptors (Lipinski definition) is 0. The summed E-state index contributed by atoms with van der Waals surface area (Å²) in [4.78, 5) is 0. The highest BCUT2D eigenvalue weighted by Gasteiger charge is 2.15. The van der Waals surface area contributed by atoms with Gasteiger partial charge in [-0.05, 0) is 18.3 Å². The van der Waals surface area contributed by atoms with Gasteiger partial charge in [0.15, 0.2) is 0 Å². The fourth-order valence-electron chi connectivity index (χ4n) is 1.83. The molecule has 0 atom stereocenters. The molecule has 0 heteroatoms. The van der Waals surface area contributed by atoms with Crippen LogP contribution in [0.15, 0.2) is 0 Å². The van der Waals surface area contributed by atoms with Crippen LogP contribution in [0.2, 0.25) is 0 Å². The monoisotopic (exact) mass is 170 g/mol. The molecule has 0 aliphatic carbocycles. The van der Waals surface area contributed by atoms with Gasteiger partial charge < -0.3 is 0 Å². The highest BCUT2D eigenvalue weighted by Crippen LogP contribution is 2.28. The van der Waals surface area contributed by atoms with E-state index in [1.54, 1.807) is 0 Å². The number of hydrogen-bond donors (Lipinski definition) is 0. The maximum atomic E-state index is 2.41. The first-order chi connectivity index (χ1) is 5.62. The van der Waals surface area contributed by atoms with E-state index in [-0.39, 0.29) is 0 Å². The maximum absolute atomic E-state index is 2.41. The lowest BCUT2D eigenvalue weighted by atomic mass is 9.83. The van der Waals surface area contributed by atoms with Crippen LogP contribution >= 0.6 is 0 Å². The van der Waals surface area contributed by atoms with Crippen LogP contribution in [0.4, 0.5) is 0 Å². The molecule has 0 saturated carbocycles. The molecule has 0 aromatic heterocycles. The van der Waals surface area contributed by atoms with Crippen molar-refractivity contribution < 1.29 is 0 Å². The standard InChI is InChI=1S/C12H26/c1-5-7-8-9-11-12(3,4)10-6-2/h5-11H2,1-4H3. The normalized spacial score (nSPS) is 12.0. The van der Waals surface area contributed by atoms with Crippen LogP contribution in [0.5, 0.6) is 0 Å². The summed E-state index contributed by atoms with van der Waals surface area (Å²) in [5, 5.41) is 0. The minimum absolute atomic E-state index is 0.600. The second-order valence-corrected chi connectivity index (χ2v) is 4.72. The van der Waals surface area contributed by atoms with E-state index in [0.717, 1.165) is 0 Å².